The van der Waals surface area contributed by atoms with E-state index in [2.05, 4.69) is 43.6 Å². The van der Waals surface area contributed by atoms with Crippen molar-refractivity contribution in [1.29, 1.82) is 0 Å². The van der Waals surface area contributed by atoms with Gasteiger partial charge in [0.2, 0.25) is 0 Å². The van der Waals surface area contributed by atoms with Crippen LogP contribution < -0.4 is 0 Å². The molecule has 4 aromatic rings. The molecule has 0 N–H and O–H groups in total. The summed E-state index contributed by atoms with van der Waals surface area (Å²) in [6.07, 6.45) is 2.42. The molecule has 0 aliphatic rings. The zero-order valence-electron chi connectivity index (χ0n) is 13.9. The van der Waals surface area contributed by atoms with E-state index >= 15 is 0 Å². The van der Waals surface area contributed by atoms with Crippen molar-refractivity contribution in [2.75, 3.05) is 7.11 Å². The Bertz CT molecular complexity index is 1090. The first-order chi connectivity index (χ1) is 12.2. The third kappa shape index (κ3) is 2.91. The molecule has 0 radical (unpaired) electrons. The maximum atomic E-state index is 4.82. The van der Waals surface area contributed by atoms with Crippen molar-refractivity contribution in [2.24, 2.45) is 5.16 Å². The molecule has 0 saturated heterocycles. The van der Waals surface area contributed by atoms with Crippen LogP contribution >= 0.6 is 0 Å². The van der Waals surface area contributed by atoms with Crippen molar-refractivity contribution in [1.82, 2.24) is 24.8 Å². The topological polar surface area (TPSA) is 77.6 Å². The second-order valence-electron chi connectivity index (χ2n) is 5.67. The number of hydrogen-bond donors (Lipinski definition) is 0. The number of oxime groups is 1. The van der Waals surface area contributed by atoms with E-state index in [1.54, 1.807) is 10.7 Å². The van der Waals surface area contributed by atoms with Crippen molar-refractivity contribution in [3.63, 3.8) is 0 Å². The Hall–Kier alpha value is -3.35. The van der Waals surface area contributed by atoms with E-state index in [1.165, 1.54) is 7.11 Å². The van der Waals surface area contributed by atoms with Crippen molar-refractivity contribution in [2.45, 2.75) is 13.3 Å². The van der Waals surface area contributed by atoms with Gasteiger partial charge in [0.15, 0.2) is 11.5 Å². The van der Waals surface area contributed by atoms with Gasteiger partial charge in [-0.2, -0.15) is 9.61 Å². The standard InChI is InChI=1S/C18H16N6O/c1-12(23-25-2)15-7-8-17-20-21-18(24(17)22-15)11-13-5-6-16-14(10-13)4-3-9-19-16/h3-10H,11H2,1-2H3. The van der Waals surface area contributed by atoms with Crippen LogP contribution in [0.3, 0.4) is 0 Å². The molecular weight excluding hydrogens is 316 g/mol. The Morgan fingerprint density at radius 1 is 1.16 bits per heavy atom. The molecule has 0 atom stereocenters. The number of fused-ring (bicyclic) bond motifs is 2. The van der Waals surface area contributed by atoms with Crippen LogP contribution in [0.1, 0.15) is 24.0 Å². The monoisotopic (exact) mass is 332 g/mol. The lowest BCUT2D eigenvalue weighted by molar-refractivity contribution is 0.213. The number of rotatable bonds is 4. The molecule has 0 spiro atoms. The minimum Gasteiger partial charge on any atom is -0.399 e. The smallest absolute Gasteiger partial charge is 0.177 e. The lowest BCUT2D eigenvalue weighted by Gasteiger charge is -2.04. The highest BCUT2D eigenvalue weighted by Crippen LogP contribution is 2.16. The third-order valence-corrected chi connectivity index (χ3v) is 3.96. The van der Waals surface area contributed by atoms with Gasteiger partial charge in [-0.15, -0.1) is 10.2 Å². The summed E-state index contributed by atoms with van der Waals surface area (Å²) in [5.74, 6) is 0.769. The molecule has 7 nitrogen and oxygen atoms in total. The lowest BCUT2D eigenvalue weighted by Crippen LogP contribution is -2.06. The quantitative estimate of drug-likeness (QED) is 0.424. The minimum atomic E-state index is 0.628. The Morgan fingerprint density at radius 2 is 2.08 bits per heavy atom. The van der Waals surface area contributed by atoms with Gasteiger partial charge < -0.3 is 4.84 Å². The second-order valence-corrected chi connectivity index (χ2v) is 5.67. The summed E-state index contributed by atoms with van der Waals surface area (Å²) >= 11 is 0. The van der Waals surface area contributed by atoms with Gasteiger partial charge >= 0.3 is 0 Å². The number of nitrogens with zero attached hydrogens (tertiary/aromatic N) is 6. The average molecular weight is 332 g/mol. The molecule has 0 amide bonds. The van der Waals surface area contributed by atoms with Gasteiger partial charge in [0.1, 0.15) is 18.5 Å². The molecule has 25 heavy (non-hydrogen) atoms. The number of aromatic nitrogens is 5. The van der Waals surface area contributed by atoms with Crippen molar-refractivity contribution in [3.05, 3.63) is 65.7 Å². The van der Waals surface area contributed by atoms with E-state index in [9.17, 15) is 0 Å². The van der Waals surface area contributed by atoms with Crippen LogP contribution in [0.5, 0.6) is 0 Å². The third-order valence-electron chi connectivity index (χ3n) is 3.96. The van der Waals surface area contributed by atoms with Gasteiger partial charge in [-0.05, 0) is 42.8 Å². The highest BCUT2D eigenvalue weighted by atomic mass is 16.6. The Kier molecular flexibility index (Phi) is 3.81. The van der Waals surface area contributed by atoms with Crippen molar-refractivity contribution < 1.29 is 4.84 Å². The summed E-state index contributed by atoms with van der Waals surface area (Å²) in [5, 5.41) is 18.1. The van der Waals surface area contributed by atoms with Crippen LogP contribution in [-0.4, -0.2) is 37.6 Å². The summed E-state index contributed by atoms with van der Waals surface area (Å²) in [4.78, 5) is 9.17. The molecule has 0 unspecified atom stereocenters. The van der Waals surface area contributed by atoms with Crippen LogP contribution in [-0.2, 0) is 11.3 Å². The molecular formula is C18H16N6O. The van der Waals surface area contributed by atoms with Gasteiger partial charge in [-0.1, -0.05) is 17.3 Å². The van der Waals surface area contributed by atoms with E-state index in [0.717, 1.165) is 28.0 Å². The van der Waals surface area contributed by atoms with Gasteiger partial charge in [0.25, 0.3) is 0 Å². The Morgan fingerprint density at radius 3 is 2.96 bits per heavy atom. The van der Waals surface area contributed by atoms with Gasteiger partial charge in [-0.3, -0.25) is 4.98 Å². The van der Waals surface area contributed by atoms with Gasteiger partial charge in [0.05, 0.1) is 5.52 Å². The molecule has 7 heteroatoms. The molecule has 1 aromatic carbocycles. The fraction of sp³-hybridized carbons (Fsp3) is 0.167. The summed E-state index contributed by atoms with van der Waals surface area (Å²) in [6.45, 7) is 1.85. The fourth-order valence-electron chi connectivity index (χ4n) is 2.74. The van der Waals surface area contributed by atoms with Crippen LogP contribution in [0, 0.1) is 0 Å². The highest BCUT2D eigenvalue weighted by molar-refractivity contribution is 5.96. The van der Waals surface area contributed by atoms with E-state index in [0.29, 0.717) is 17.8 Å². The first-order valence-electron chi connectivity index (χ1n) is 7.88. The lowest BCUT2D eigenvalue weighted by atomic mass is 10.1. The molecule has 0 fully saturated rings. The van der Waals surface area contributed by atoms with Crippen molar-refractivity contribution >= 4 is 22.3 Å². The van der Waals surface area contributed by atoms with E-state index in [4.69, 9.17) is 4.84 Å². The van der Waals surface area contributed by atoms with Gasteiger partial charge in [-0.25, -0.2) is 0 Å². The largest absolute Gasteiger partial charge is 0.399 e. The fourth-order valence-corrected chi connectivity index (χ4v) is 2.74. The molecule has 4 rings (SSSR count). The first-order valence-corrected chi connectivity index (χ1v) is 7.88. The van der Waals surface area contributed by atoms with E-state index in [-0.39, 0.29) is 0 Å². The molecule has 3 heterocycles. The van der Waals surface area contributed by atoms with E-state index < -0.39 is 0 Å². The zero-order chi connectivity index (χ0) is 17.2. The molecule has 0 aliphatic heterocycles. The zero-order valence-corrected chi connectivity index (χ0v) is 13.9. The predicted molar refractivity (Wildman–Crippen MR) is 94.6 cm³/mol. The summed E-state index contributed by atoms with van der Waals surface area (Å²) in [6, 6.07) is 13.9. The predicted octanol–water partition coefficient (Wildman–Crippen LogP) is 2.63. The Balaban J connectivity index is 1.72. The molecule has 3 aromatic heterocycles. The maximum absolute atomic E-state index is 4.82. The van der Waals surface area contributed by atoms with Gasteiger partial charge in [0, 0.05) is 18.0 Å². The summed E-state index contributed by atoms with van der Waals surface area (Å²) in [5.41, 5.74) is 4.22. The normalized spacial score (nSPS) is 12.0. The number of pyridine rings is 1. The summed E-state index contributed by atoms with van der Waals surface area (Å²) < 4.78 is 1.75. The van der Waals surface area contributed by atoms with E-state index in [1.807, 2.05) is 31.2 Å². The average Bonchev–Trinajstić information content (AvgIpc) is 3.04. The summed E-state index contributed by atoms with van der Waals surface area (Å²) in [7, 11) is 1.51. The van der Waals surface area contributed by atoms with Crippen LogP contribution in [0.4, 0.5) is 0 Å². The van der Waals surface area contributed by atoms with Crippen LogP contribution in [0.15, 0.2) is 53.8 Å². The van der Waals surface area contributed by atoms with Crippen LogP contribution in [0.2, 0.25) is 0 Å². The molecule has 0 bridgehead atoms. The maximum Gasteiger partial charge on any atom is 0.177 e. The first kappa shape index (κ1) is 15.2. The van der Waals surface area contributed by atoms with Crippen molar-refractivity contribution in [3.8, 4) is 0 Å². The highest BCUT2D eigenvalue weighted by Gasteiger charge is 2.10. The molecule has 0 aliphatic carbocycles. The van der Waals surface area contributed by atoms with Crippen LogP contribution in [0.25, 0.3) is 16.6 Å². The SMILES string of the molecule is CON=C(C)c1ccc2nnc(Cc3ccc4ncccc4c3)n2n1. The number of benzene rings is 1. The second kappa shape index (κ2) is 6.27. The molecule has 124 valence electrons. The number of hydrogen-bond acceptors (Lipinski definition) is 6. The molecule has 0 saturated carbocycles. The minimum absolute atomic E-state index is 0.628. The Labute approximate surface area is 144 Å².